The van der Waals surface area contributed by atoms with E-state index >= 15 is 0 Å². The summed E-state index contributed by atoms with van der Waals surface area (Å²) in [5.74, 6) is -1.05. The van der Waals surface area contributed by atoms with E-state index in [-0.39, 0.29) is 15.5 Å². The van der Waals surface area contributed by atoms with Gasteiger partial charge in [0.2, 0.25) is 0 Å². The molecule has 0 saturated heterocycles. The maximum atomic E-state index is 13.5. The fraction of sp³-hybridized carbons (Fsp3) is 0.263. The van der Waals surface area contributed by atoms with E-state index in [1.165, 1.54) is 24.3 Å². The molecule has 2 aromatic rings. The molecule has 0 aliphatic rings. The molecule has 0 radical (unpaired) electrons. The maximum absolute atomic E-state index is 13.5. The molecule has 29 heavy (non-hydrogen) atoms. The van der Waals surface area contributed by atoms with Gasteiger partial charge in [0.05, 0.1) is 10.0 Å². The van der Waals surface area contributed by atoms with E-state index in [0.29, 0.717) is 34.7 Å². The lowest BCUT2D eigenvalue weighted by molar-refractivity contribution is 0.362. The van der Waals surface area contributed by atoms with Gasteiger partial charge in [0.1, 0.15) is 11.6 Å². The van der Waals surface area contributed by atoms with Gasteiger partial charge in [-0.3, -0.25) is 0 Å². The van der Waals surface area contributed by atoms with E-state index in [2.05, 4.69) is 21.3 Å². The van der Waals surface area contributed by atoms with Crippen LogP contribution in [-0.2, 0) is 0 Å². The Morgan fingerprint density at radius 1 is 0.828 bits per heavy atom. The lowest BCUT2D eigenvalue weighted by atomic mass is 9.93. The van der Waals surface area contributed by atoms with E-state index in [1.807, 2.05) is 13.8 Å². The van der Waals surface area contributed by atoms with Gasteiger partial charge in [0.15, 0.2) is 10.2 Å². The van der Waals surface area contributed by atoms with Gasteiger partial charge in [-0.1, -0.05) is 37.0 Å². The van der Waals surface area contributed by atoms with Crippen molar-refractivity contribution in [1.82, 2.24) is 10.6 Å². The summed E-state index contributed by atoms with van der Waals surface area (Å²) in [5.41, 5.74) is 0.773. The number of halogens is 4. The van der Waals surface area contributed by atoms with Crippen molar-refractivity contribution < 1.29 is 8.78 Å². The van der Waals surface area contributed by atoms with Crippen LogP contribution < -0.4 is 21.3 Å². The second-order valence-electron chi connectivity index (χ2n) is 7.04. The molecule has 0 fully saturated rings. The number of nitrogens with one attached hydrogen (secondary N) is 4. The Balaban J connectivity index is 1.78. The third kappa shape index (κ3) is 7.89. The van der Waals surface area contributed by atoms with E-state index in [4.69, 9.17) is 47.6 Å². The molecule has 10 heteroatoms. The number of hydrogen-bond acceptors (Lipinski definition) is 2. The summed E-state index contributed by atoms with van der Waals surface area (Å²) in [4.78, 5) is 0. The molecule has 0 aliphatic heterocycles. The number of thiocarbonyl (C=S) groups is 2. The van der Waals surface area contributed by atoms with Crippen molar-refractivity contribution >= 4 is 69.2 Å². The average Bonchev–Trinajstić information content (AvgIpc) is 2.65. The molecule has 4 nitrogen and oxygen atoms in total. The second kappa shape index (κ2) is 10.3. The van der Waals surface area contributed by atoms with Gasteiger partial charge in [0, 0.05) is 24.5 Å². The molecule has 0 aliphatic carbocycles. The van der Waals surface area contributed by atoms with Crippen LogP contribution in [0.15, 0.2) is 36.4 Å². The third-order valence-electron chi connectivity index (χ3n) is 3.81. The first-order valence-electron chi connectivity index (χ1n) is 8.55. The summed E-state index contributed by atoms with van der Waals surface area (Å²) >= 11 is 21.8. The van der Waals surface area contributed by atoms with E-state index in [9.17, 15) is 8.78 Å². The van der Waals surface area contributed by atoms with Gasteiger partial charge in [-0.2, -0.15) is 0 Å². The molecule has 0 atom stereocenters. The molecule has 156 valence electrons. The first-order valence-corrected chi connectivity index (χ1v) is 10.1. The smallest absolute Gasteiger partial charge is 0.170 e. The highest BCUT2D eigenvalue weighted by molar-refractivity contribution is 7.80. The average molecular weight is 477 g/mol. The highest BCUT2D eigenvalue weighted by atomic mass is 35.5. The zero-order valence-corrected chi connectivity index (χ0v) is 18.9. The van der Waals surface area contributed by atoms with Gasteiger partial charge >= 0.3 is 0 Å². The normalized spacial score (nSPS) is 11.0. The third-order valence-corrected chi connectivity index (χ3v) is 4.92. The van der Waals surface area contributed by atoms with Crippen LogP contribution in [0.25, 0.3) is 0 Å². The molecule has 0 spiro atoms. The molecular formula is C19H20Cl2F2N4S2. The summed E-state index contributed by atoms with van der Waals surface area (Å²) < 4.78 is 27.0. The van der Waals surface area contributed by atoms with Gasteiger partial charge in [-0.25, -0.2) is 8.78 Å². The van der Waals surface area contributed by atoms with Crippen molar-refractivity contribution in [3.63, 3.8) is 0 Å². The van der Waals surface area contributed by atoms with Crippen LogP contribution in [0, 0.1) is 17.0 Å². The van der Waals surface area contributed by atoms with Crippen molar-refractivity contribution in [3.8, 4) is 0 Å². The standard InChI is InChI=1S/C19H20Cl2F2N4S2/c1-19(2,9-24-17(28)26-11-3-5-13(20)15(22)7-11)10-25-18(29)27-12-4-6-14(21)16(23)8-12/h3-8H,9-10H2,1-2H3,(H2,24,26,28)(H2,25,27,29). The Bertz CT molecular complexity index is 838. The Hall–Kier alpha value is -1.74. The molecule has 0 bridgehead atoms. The molecule has 2 rings (SSSR count). The number of anilines is 2. The summed E-state index contributed by atoms with van der Waals surface area (Å²) in [6.07, 6.45) is 0. The van der Waals surface area contributed by atoms with E-state index < -0.39 is 11.6 Å². The predicted octanol–water partition coefficient (Wildman–Crippen LogP) is 5.57. The van der Waals surface area contributed by atoms with Crippen LogP contribution in [0.1, 0.15) is 13.8 Å². The lowest BCUT2D eigenvalue weighted by Gasteiger charge is -2.27. The van der Waals surface area contributed by atoms with Crippen LogP contribution in [0.4, 0.5) is 20.2 Å². The first kappa shape index (κ1) is 23.5. The molecule has 0 aromatic heterocycles. The zero-order valence-electron chi connectivity index (χ0n) is 15.7. The van der Waals surface area contributed by atoms with Crippen molar-refractivity contribution in [2.24, 2.45) is 5.41 Å². The first-order chi connectivity index (χ1) is 13.6. The minimum Gasteiger partial charge on any atom is -0.362 e. The molecular weight excluding hydrogens is 457 g/mol. The summed E-state index contributed by atoms with van der Waals surface area (Å²) in [7, 11) is 0. The minimum absolute atomic E-state index is 0.0487. The summed E-state index contributed by atoms with van der Waals surface area (Å²) in [5, 5.41) is 12.8. The van der Waals surface area contributed by atoms with E-state index in [0.717, 1.165) is 0 Å². The minimum atomic E-state index is -0.523. The Morgan fingerprint density at radius 2 is 1.21 bits per heavy atom. The highest BCUT2D eigenvalue weighted by Gasteiger charge is 2.19. The van der Waals surface area contributed by atoms with Crippen molar-refractivity contribution in [2.75, 3.05) is 23.7 Å². The lowest BCUT2D eigenvalue weighted by Crippen LogP contribution is -2.44. The Morgan fingerprint density at radius 3 is 1.55 bits per heavy atom. The van der Waals surface area contributed by atoms with Crippen LogP contribution in [0.2, 0.25) is 10.0 Å². The van der Waals surface area contributed by atoms with Crippen LogP contribution >= 0.6 is 47.6 Å². The van der Waals surface area contributed by atoms with Crippen LogP contribution in [-0.4, -0.2) is 23.3 Å². The second-order valence-corrected chi connectivity index (χ2v) is 8.67. The van der Waals surface area contributed by atoms with E-state index in [1.54, 1.807) is 12.1 Å². The Labute approximate surface area is 189 Å². The summed E-state index contributed by atoms with van der Waals surface area (Å²) in [6, 6.07) is 8.72. The fourth-order valence-electron chi connectivity index (χ4n) is 2.20. The summed E-state index contributed by atoms with van der Waals surface area (Å²) in [6.45, 7) is 5.09. The van der Waals surface area contributed by atoms with Crippen LogP contribution in [0.3, 0.4) is 0 Å². The topological polar surface area (TPSA) is 48.1 Å². The van der Waals surface area contributed by atoms with Crippen LogP contribution in [0.5, 0.6) is 0 Å². The fourth-order valence-corrected chi connectivity index (χ4v) is 2.82. The number of hydrogen-bond donors (Lipinski definition) is 4. The van der Waals surface area contributed by atoms with Crippen molar-refractivity contribution in [1.29, 1.82) is 0 Å². The largest absolute Gasteiger partial charge is 0.362 e. The highest BCUT2D eigenvalue weighted by Crippen LogP contribution is 2.20. The zero-order chi connectivity index (χ0) is 21.6. The Kier molecular flexibility index (Phi) is 8.39. The van der Waals surface area contributed by atoms with Gasteiger partial charge in [-0.15, -0.1) is 0 Å². The molecule has 2 aromatic carbocycles. The maximum Gasteiger partial charge on any atom is 0.170 e. The molecule has 0 unspecified atom stereocenters. The van der Waals surface area contributed by atoms with Gasteiger partial charge in [0.25, 0.3) is 0 Å². The van der Waals surface area contributed by atoms with Gasteiger partial charge in [-0.05, 0) is 66.2 Å². The molecule has 0 saturated carbocycles. The van der Waals surface area contributed by atoms with Gasteiger partial charge < -0.3 is 21.3 Å². The number of benzene rings is 2. The molecule has 4 N–H and O–H groups in total. The van der Waals surface area contributed by atoms with Crippen molar-refractivity contribution in [2.45, 2.75) is 13.8 Å². The SMILES string of the molecule is CC(C)(CNC(=S)Nc1ccc(Cl)c(F)c1)CNC(=S)Nc1ccc(Cl)c(F)c1. The quantitative estimate of drug-likeness (QED) is 0.408. The number of rotatable bonds is 6. The predicted molar refractivity (Wildman–Crippen MR) is 125 cm³/mol. The molecule has 0 heterocycles. The monoisotopic (exact) mass is 476 g/mol. The van der Waals surface area contributed by atoms with Crippen molar-refractivity contribution in [3.05, 3.63) is 58.1 Å². The molecule has 0 amide bonds.